The van der Waals surface area contributed by atoms with Gasteiger partial charge in [-0.05, 0) is 50.5 Å². The molecule has 5 heteroatoms. The molecule has 1 aromatic carbocycles. The third-order valence-electron chi connectivity index (χ3n) is 4.86. The summed E-state index contributed by atoms with van der Waals surface area (Å²) < 4.78 is 5.43. The van der Waals surface area contributed by atoms with Gasteiger partial charge in [-0.15, -0.1) is 0 Å². The molecule has 5 nitrogen and oxygen atoms in total. The van der Waals surface area contributed by atoms with Crippen molar-refractivity contribution < 1.29 is 19.2 Å². The number of imide groups is 1. The van der Waals surface area contributed by atoms with Crippen LogP contribution in [0.25, 0.3) is 0 Å². The molecule has 1 aliphatic heterocycles. The lowest BCUT2D eigenvalue weighted by atomic mass is 10.2. The summed E-state index contributed by atoms with van der Waals surface area (Å²) in [7, 11) is 0. The minimum Gasteiger partial charge on any atom is -0.494 e. The van der Waals surface area contributed by atoms with Crippen LogP contribution in [0.1, 0.15) is 39.5 Å². The fourth-order valence-electron chi connectivity index (χ4n) is 3.51. The van der Waals surface area contributed by atoms with Crippen LogP contribution in [-0.4, -0.2) is 37.6 Å². The SMILES string of the molecule is CCC[NH+](CC1CC1)[C@H]1CC(=O)N(c2ccc(OCC)cc2)C1=O. The van der Waals surface area contributed by atoms with Crippen molar-refractivity contribution in [3.63, 3.8) is 0 Å². The van der Waals surface area contributed by atoms with E-state index in [0.29, 0.717) is 18.7 Å². The van der Waals surface area contributed by atoms with Crippen LogP contribution in [-0.2, 0) is 9.59 Å². The summed E-state index contributed by atoms with van der Waals surface area (Å²) in [6.45, 7) is 6.64. The molecule has 1 aliphatic carbocycles. The first kappa shape index (κ1) is 17.0. The second kappa shape index (κ2) is 7.34. The standard InChI is InChI=1S/C19H26N2O3/c1-3-11-20(13-14-5-6-14)17-12-18(22)21(19(17)23)15-7-9-16(10-8-15)24-4-2/h7-10,14,17H,3-6,11-13H2,1-2H3/p+1/t17-/m0/s1. The maximum absolute atomic E-state index is 12.9. The molecule has 24 heavy (non-hydrogen) atoms. The van der Waals surface area contributed by atoms with E-state index in [4.69, 9.17) is 4.74 Å². The predicted molar refractivity (Wildman–Crippen MR) is 92.2 cm³/mol. The number of hydrogen-bond acceptors (Lipinski definition) is 3. The van der Waals surface area contributed by atoms with Gasteiger partial charge in [0.15, 0.2) is 6.04 Å². The monoisotopic (exact) mass is 331 g/mol. The molecule has 1 saturated carbocycles. The number of rotatable bonds is 8. The smallest absolute Gasteiger partial charge is 0.292 e. The molecule has 2 atom stereocenters. The fraction of sp³-hybridized carbons (Fsp3) is 0.579. The van der Waals surface area contributed by atoms with Gasteiger partial charge >= 0.3 is 0 Å². The van der Waals surface area contributed by atoms with Gasteiger partial charge in [0, 0.05) is 5.92 Å². The third-order valence-corrected chi connectivity index (χ3v) is 4.86. The highest BCUT2D eigenvalue weighted by Gasteiger charge is 2.46. The third kappa shape index (κ3) is 3.61. The quantitative estimate of drug-likeness (QED) is 0.733. The zero-order valence-electron chi connectivity index (χ0n) is 14.6. The van der Waals surface area contributed by atoms with Gasteiger partial charge in [-0.25, -0.2) is 4.90 Å². The van der Waals surface area contributed by atoms with E-state index in [0.717, 1.165) is 31.2 Å². The molecule has 0 spiro atoms. The number of hydrogen-bond donors (Lipinski definition) is 1. The van der Waals surface area contributed by atoms with Crippen molar-refractivity contribution in [2.24, 2.45) is 5.92 Å². The molecule has 3 rings (SSSR count). The van der Waals surface area contributed by atoms with E-state index >= 15 is 0 Å². The molecular weight excluding hydrogens is 304 g/mol. The second-order valence-corrected chi connectivity index (χ2v) is 6.81. The Morgan fingerprint density at radius 3 is 2.46 bits per heavy atom. The highest BCUT2D eigenvalue weighted by molar-refractivity contribution is 6.21. The number of amides is 2. The summed E-state index contributed by atoms with van der Waals surface area (Å²) in [5.41, 5.74) is 0.651. The highest BCUT2D eigenvalue weighted by atomic mass is 16.5. The summed E-state index contributed by atoms with van der Waals surface area (Å²) in [4.78, 5) is 28.0. The average Bonchev–Trinajstić information content (AvgIpc) is 3.33. The van der Waals surface area contributed by atoms with Gasteiger partial charge in [0.1, 0.15) is 5.75 Å². The van der Waals surface area contributed by atoms with Crippen LogP contribution in [0.2, 0.25) is 0 Å². The van der Waals surface area contributed by atoms with E-state index in [2.05, 4.69) is 6.92 Å². The number of nitrogens with zero attached hydrogens (tertiary/aromatic N) is 1. The Hall–Kier alpha value is -1.88. The Bertz CT molecular complexity index is 595. The van der Waals surface area contributed by atoms with Crippen molar-refractivity contribution in [2.75, 3.05) is 24.6 Å². The van der Waals surface area contributed by atoms with Crippen molar-refractivity contribution in [3.8, 4) is 5.75 Å². The number of quaternary nitrogens is 1. The van der Waals surface area contributed by atoms with Gasteiger partial charge in [-0.2, -0.15) is 0 Å². The van der Waals surface area contributed by atoms with E-state index in [1.165, 1.54) is 22.6 Å². The maximum Gasteiger partial charge on any atom is 0.292 e. The maximum atomic E-state index is 12.9. The predicted octanol–water partition coefficient (Wildman–Crippen LogP) is 1.42. The molecule has 0 bridgehead atoms. The van der Waals surface area contributed by atoms with Crippen LogP contribution in [0, 0.1) is 5.92 Å². The van der Waals surface area contributed by atoms with Gasteiger partial charge in [-0.1, -0.05) is 6.92 Å². The van der Waals surface area contributed by atoms with Crippen LogP contribution < -0.4 is 14.5 Å². The van der Waals surface area contributed by atoms with Gasteiger partial charge in [0.25, 0.3) is 5.91 Å². The molecule has 2 aliphatic rings. The van der Waals surface area contributed by atoms with E-state index in [1.54, 1.807) is 12.1 Å². The zero-order valence-corrected chi connectivity index (χ0v) is 14.6. The van der Waals surface area contributed by atoms with Crippen molar-refractivity contribution in [2.45, 2.75) is 45.6 Å². The van der Waals surface area contributed by atoms with Crippen LogP contribution in [0.5, 0.6) is 5.75 Å². The van der Waals surface area contributed by atoms with Crippen molar-refractivity contribution in [1.29, 1.82) is 0 Å². The lowest BCUT2D eigenvalue weighted by molar-refractivity contribution is -0.916. The van der Waals surface area contributed by atoms with Crippen molar-refractivity contribution in [3.05, 3.63) is 24.3 Å². The number of ether oxygens (including phenoxy) is 1. The van der Waals surface area contributed by atoms with E-state index in [-0.39, 0.29) is 17.9 Å². The molecule has 0 aromatic heterocycles. The Balaban J connectivity index is 1.74. The summed E-state index contributed by atoms with van der Waals surface area (Å²) in [5.74, 6) is 1.37. The summed E-state index contributed by atoms with van der Waals surface area (Å²) in [5, 5.41) is 0. The van der Waals surface area contributed by atoms with Gasteiger partial charge in [-0.3, -0.25) is 9.59 Å². The summed E-state index contributed by atoms with van der Waals surface area (Å²) >= 11 is 0. The Labute approximate surface area is 143 Å². The first-order valence-corrected chi connectivity index (χ1v) is 9.08. The van der Waals surface area contributed by atoms with E-state index < -0.39 is 0 Å². The Kier molecular flexibility index (Phi) is 5.19. The number of benzene rings is 1. The van der Waals surface area contributed by atoms with E-state index in [1.807, 2.05) is 19.1 Å². The number of carbonyl (C=O) groups is 2. The molecule has 1 aromatic rings. The molecule has 1 unspecified atom stereocenters. The van der Waals surface area contributed by atoms with Crippen molar-refractivity contribution >= 4 is 17.5 Å². The molecule has 1 heterocycles. The normalized spacial score (nSPS) is 22.1. The molecule has 0 radical (unpaired) electrons. The topological polar surface area (TPSA) is 51.1 Å². The Morgan fingerprint density at radius 2 is 1.88 bits per heavy atom. The second-order valence-electron chi connectivity index (χ2n) is 6.81. The first-order valence-electron chi connectivity index (χ1n) is 9.08. The number of anilines is 1. The molecule has 1 N–H and O–H groups in total. The first-order chi connectivity index (χ1) is 11.6. The number of nitrogens with one attached hydrogen (secondary N) is 1. The van der Waals surface area contributed by atoms with Crippen LogP contribution in [0.15, 0.2) is 24.3 Å². The molecule has 1 saturated heterocycles. The lowest BCUT2D eigenvalue weighted by Crippen LogP contribution is -3.17. The molecular formula is C19H27N2O3+. The molecule has 130 valence electrons. The molecule has 2 fully saturated rings. The van der Waals surface area contributed by atoms with Gasteiger partial charge in [0.05, 0.1) is 31.8 Å². The minimum absolute atomic E-state index is 0.0479. The van der Waals surface area contributed by atoms with E-state index in [9.17, 15) is 9.59 Å². The van der Waals surface area contributed by atoms with Crippen LogP contribution in [0.3, 0.4) is 0 Å². The minimum atomic E-state index is -0.218. The van der Waals surface area contributed by atoms with Gasteiger partial charge < -0.3 is 9.64 Å². The highest BCUT2D eigenvalue weighted by Crippen LogP contribution is 2.28. The summed E-state index contributed by atoms with van der Waals surface area (Å²) in [6, 6.07) is 7.00. The Morgan fingerprint density at radius 1 is 1.17 bits per heavy atom. The average molecular weight is 331 g/mol. The van der Waals surface area contributed by atoms with Gasteiger partial charge in [0.2, 0.25) is 5.91 Å². The largest absolute Gasteiger partial charge is 0.494 e. The van der Waals surface area contributed by atoms with Crippen LogP contribution >= 0.6 is 0 Å². The van der Waals surface area contributed by atoms with Crippen LogP contribution in [0.4, 0.5) is 5.69 Å². The zero-order chi connectivity index (χ0) is 17.1. The molecule has 2 amide bonds. The fourth-order valence-corrected chi connectivity index (χ4v) is 3.51. The van der Waals surface area contributed by atoms with Crippen molar-refractivity contribution in [1.82, 2.24) is 0 Å². The lowest BCUT2D eigenvalue weighted by Gasteiger charge is -2.24. The number of carbonyl (C=O) groups excluding carboxylic acids is 2. The summed E-state index contributed by atoms with van der Waals surface area (Å²) in [6.07, 6.45) is 3.90.